The van der Waals surface area contributed by atoms with Crippen molar-refractivity contribution in [3.63, 3.8) is 0 Å². The van der Waals surface area contributed by atoms with Crippen LogP contribution < -0.4 is 15.5 Å². The molecule has 0 atom stereocenters. The van der Waals surface area contributed by atoms with E-state index in [0.717, 1.165) is 16.9 Å². The third kappa shape index (κ3) is 5.91. The Kier molecular flexibility index (Phi) is 8.20. The maximum absolute atomic E-state index is 13.2. The second-order valence-electron chi connectivity index (χ2n) is 9.05. The predicted molar refractivity (Wildman–Crippen MR) is 148 cm³/mol. The number of likely N-dealkylation sites (N-methyl/N-ethyl adjacent to an activating group) is 2. The van der Waals surface area contributed by atoms with Crippen molar-refractivity contribution in [3.8, 4) is 0 Å². The Morgan fingerprint density at radius 3 is 2.32 bits per heavy atom. The molecule has 0 bridgehead atoms. The summed E-state index contributed by atoms with van der Waals surface area (Å²) in [6.45, 7) is -0.0693. The molecule has 196 valence electrons. The van der Waals surface area contributed by atoms with Gasteiger partial charge in [0.25, 0.3) is 5.91 Å². The molecule has 1 heterocycles. The van der Waals surface area contributed by atoms with Gasteiger partial charge in [0.05, 0.1) is 35.7 Å². The van der Waals surface area contributed by atoms with E-state index >= 15 is 0 Å². The molecule has 0 fully saturated rings. The Bertz CT molecular complexity index is 1370. The van der Waals surface area contributed by atoms with Gasteiger partial charge in [-0.25, -0.2) is 4.79 Å². The second-order valence-corrected chi connectivity index (χ2v) is 9.05. The van der Waals surface area contributed by atoms with Gasteiger partial charge in [0, 0.05) is 24.0 Å². The van der Waals surface area contributed by atoms with Crippen LogP contribution in [0.4, 0.5) is 17.1 Å². The minimum atomic E-state index is -0.580. The van der Waals surface area contributed by atoms with Crippen molar-refractivity contribution in [1.29, 1.82) is 0 Å². The van der Waals surface area contributed by atoms with E-state index in [-0.39, 0.29) is 30.6 Å². The van der Waals surface area contributed by atoms with Gasteiger partial charge in [0.2, 0.25) is 5.91 Å². The third-order valence-electron chi connectivity index (χ3n) is 5.99. The number of hydrogen-bond donors (Lipinski definition) is 3. The Labute approximate surface area is 221 Å². The maximum atomic E-state index is 13.2. The Hall–Kier alpha value is -4.47. The highest BCUT2D eigenvalue weighted by Gasteiger charge is 2.29. The van der Waals surface area contributed by atoms with Crippen LogP contribution >= 0.6 is 0 Å². The third-order valence-corrected chi connectivity index (χ3v) is 5.99. The first-order valence-corrected chi connectivity index (χ1v) is 12.1. The van der Waals surface area contributed by atoms with Gasteiger partial charge in [0.1, 0.15) is 6.61 Å². The molecule has 0 saturated heterocycles. The zero-order valence-corrected chi connectivity index (χ0v) is 21.5. The van der Waals surface area contributed by atoms with Crippen molar-refractivity contribution >= 4 is 46.1 Å². The number of carbonyl (C=O) groups is 3. The molecule has 0 aromatic heterocycles. The molecule has 0 radical (unpaired) electrons. The summed E-state index contributed by atoms with van der Waals surface area (Å²) in [7, 11) is 5.43. The van der Waals surface area contributed by atoms with E-state index in [0.29, 0.717) is 29.1 Å². The van der Waals surface area contributed by atoms with E-state index < -0.39 is 5.97 Å². The molecule has 1 aliphatic rings. The molecule has 3 aromatic rings. The molecular weight excluding hydrogens is 484 g/mol. The highest BCUT2D eigenvalue weighted by atomic mass is 16.5. The molecule has 1 aliphatic heterocycles. The van der Waals surface area contributed by atoms with Crippen LogP contribution in [0.25, 0.3) is 11.3 Å². The van der Waals surface area contributed by atoms with Crippen LogP contribution in [0, 0.1) is 0 Å². The smallest absolute Gasteiger partial charge is 0.338 e. The van der Waals surface area contributed by atoms with Crippen LogP contribution in [-0.4, -0.2) is 68.7 Å². The number of aliphatic hydroxyl groups excluding tert-OH is 1. The summed E-state index contributed by atoms with van der Waals surface area (Å²) in [6, 6.07) is 21.7. The summed E-state index contributed by atoms with van der Waals surface area (Å²) < 4.78 is 4.99. The molecule has 9 nitrogen and oxygen atoms in total. The van der Waals surface area contributed by atoms with E-state index in [2.05, 4.69) is 10.6 Å². The number of ether oxygens (including phenoxy) is 1. The number of nitrogens with one attached hydrogen (secondary N) is 2. The highest BCUT2D eigenvalue weighted by molar-refractivity contribution is 6.37. The quantitative estimate of drug-likeness (QED) is 0.297. The minimum Gasteiger partial charge on any atom is -0.460 e. The molecule has 3 N–H and O–H groups in total. The second kappa shape index (κ2) is 11.7. The number of aliphatic hydroxyl groups is 1. The molecule has 0 aliphatic carbocycles. The zero-order valence-electron chi connectivity index (χ0n) is 21.5. The number of hydrogen-bond acceptors (Lipinski definition) is 7. The van der Waals surface area contributed by atoms with Gasteiger partial charge < -0.3 is 30.3 Å². The van der Waals surface area contributed by atoms with Crippen molar-refractivity contribution in [1.82, 2.24) is 4.90 Å². The molecule has 3 aromatic carbocycles. The molecule has 2 amide bonds. The van der Waals surface area contributed by atoms with Gasteiger partial charge in [-0.3, -0.25) is 9.59 Å². The molecule has 0 unspecified atom stereocenters. The minimum absolute atomic E-state index is 0.0263. The summed E-state index contributed by atoms with van der Waals surface area (Å²) in [5.41, 5.74) is 4.74. The average Bonchev–Trinajstić information content (AvgIpc) is 3.25. The van der Waals surface area contributed by atoms with E-state index in [9.17, 15) is 14.4 Å². The van der Waals surface area contributed by atoms with Crippen molar-refractivity contribution in [2.75, 3.05) is 56.4 Å². The number of benzene rings is 3. The van der Waals surface area contributed by atoms with Crippen LogP contribution in [0.2, 0.25) is 0 Å². The van der Waals surface area contributed by atoms with Crippen molar-refractivity contribution in [2.24, 2.45) is 0 Å². The fourth-order valence-corrected chi connectivity index (χ4v) is 4.09. The number of esters is 1. The van der Waals surface area contributed by atoms with E-state index in [4.69, 9.17) is 9.84 Å². The Morgan fingerprint density at radius 2 is 1.66 bits per heavy atom. The van der Waals surface area contributed by atoms with Gasteiger partial charge in [-0.05, 0) is 56.1 Å². The van der Waals surface area contributed by atoms with Crippen LogP contribution in [-0.2, 0) is 14.3 Å². The van der Waals surface area contributed by atoms with Crippen LogP contribution in [0.3, 0.4) is 0 Å². The lowest BCUT2D eigenvalue weighted by molar-refractivity contribution is -0.119. The van der Waals surface area contributed by atoms with Gasteiger partial charge >= 0.3 is 5.97 Å². The first kappa shape index (κ1) is 26.6. The predicted octanol–water partition coefficient (Wildman–Crippen LogP) is 3.29. The lowest BCUT2D eigenvalue weighted by Crippen LogP contribution is -2.34. The van der Waals surface area contributed by atoms with Crippen LogP contribution in [0.5, 0.6) is 0 Å². The lowest BCUT2D eigenvalue weighted by Gasteiger charge is -2.20. The summed E-state index contributed by atoms with van der Waals surface area (Å²) in [4.78, 5) is 41.3. The Morgan fingerprint density at radius 1 is 0.947 bits per heavy atom. The molecule has 4 rings (SSSR count). The largest absolute Gasteiger partial charge is 0.460 e. The Balaban J connectivity index is 1.68. The standard InChI is InChI=1S/C29H30N4O5/c1-32(2)18-25(35)33(3)22-12-10-21(11-13-22)30-27(19-7-5-4-6-8-19)26-23-14-9-20(29(37)38-16-15-34)17-24(23)31-28(26)36/h4-14,17,30,34H,15-16,18H2,1-3H3,(H,31,36). The fourth-order valence-electron chi connectivity index (χ4n) is 4.09. The van der Waals surface area contributed by atoms with Crippen molar-refractivity contribution < 1.29 is 24.2 Å². The molecule has 0 spiro atoms. The highest BCUT2D eigenvalue weighted by Crippen LogP contribution is 2.38. The van der Waals surface area contributed by atoms with Gasteiger partial charge in [-0.1, -0.05) is 36.4 Å². The van der Waals surface area contributed by atoms with Gasteiger partial charge in [-0.2, -0.15) is 0 Å². The first-order valence-electron chi connectivity index (χ1n) is 12.1. The maximum Gasteiger partial charge on any atom is 0.338 e. The van der Waals surface area contributed by atoms with E-state index in [1.54, 1.807) is 30.1 Å². The normalized spacial score (nSPS) is 13.6. The van der Waals surface area contributed by atoms with Crippen molar-refractivity contribution in [3.05, 3.63) is 89.5 Å². The number of fused-ring (bicyclic) bond motifs is 1. The first-order chi connectivity index (χ1) is 18.3. The molecule has 9 heteroatoms. The summed E-state index contributed by atoms with van der Waals surface area (Å²) in [5.74, 6) is -0.913. The van der Waals surface area contributed by atoms with E-state index in [1.165, 1.54) is 0 Å². The topological polar surface area (TPSA) is 111 Å². The lowest BCUT2D eigenvalue weighted by atomic mass is 9.99. The molecule has 38 heavy (non-hydrogen) atoms. The van der Waals surface area contributed by atoms with Gasteiger partial charge in [0.15, 0.2) is 0 Å². The summed E-state index contributed by atoms with van der Waals surface area (Å²) in [6.07, 6.45) is 0. The average molecular weight is 515 g/mol. The molecule has 0 saturated carbocycles. The van der Waals surface area contributed by atoms with Crippen LogP contribution in [0.15, 0.2) is 72.8 Å². The monoisotopic (exact) mass is 514 g/mol. The van der Waals surface area contributed by atoms with Crippen molar-refractivity contribution in [2.45, 2.75) is 0 Å². The SMILES string of the molecule is CN(C)CC(=O)N(C)c1ccc(NC(=C2C(=O)Nc3cc(C(=O)OCCO)ccc32)c2ccccc2)cc1. The van der Waals surface area contributed by atoms with Crippen LogP contribution in [0.1, 0.15) is 21.5 Å². The fraction of sp³-hybridized carbons (Fsp3) is 0.207. The number of nitrogens with zero attached hydrogens (tertiary/aromatic N) is 2. The molecular formula is C29H30N4O5. The van der Waals surface area contributed by atoms with Gasteiger partial charge in [-0.15, -0.1) is 0 Å². The number of amides is 2. The summed E-state index contributed by atoms with van der Waals surface area (Å²) in [5, 5.41) is 15.1. The van der Waals surface area contributed by atoms with E-state index in [1.807, 2.05) is 73.6 Å². The number of anilines is 3. The number of carbonyl (C=O) groups excluding carboxylic acids is 3. The summed E-state index contributed by atoms with van der Waals surface area (Å²) >= 11 is 0. The zero-order chi connectivity index (χ0) is 27.2. The number of rotatable bonds is 9.